The van der Waals surface area contributed by atoms with Crippen molar-refractivity contribution in [3.05, 3.63) is 0 Å². The normalized spacial score (nSPS) is 28.0. The van der Waals surface area contributed by atoms with E-state index < -0.39 is 0 Å². The van der Waals surface area contributed by atoms with E-state index >= 15 is 0 Å². The van der Waals surface area contributed by atoms with E-state index in [1.165, 1.54) is 6.42 Å². The average molecular weight is 165 g/mol. The Morgan fingerprint density at radius 3 is 2.92 bits per heavy atom. The molecular formula is C10H15NO. The highest BCUT2D eigenvalue weighted by molar-refractivity contribution is 5.78. The maximum atomic E-state index is 11.1. The van der Waals surface area contributed by atoms with Crippen LogP contribution in [0.2, 0.25) is 0 Å². The van der Waals surface area contributed by atoms with Crippen LogP contribution in [-0.4, -0.2) is 11.9 Å². The van der Waals surface area contributed by atoms with Crippen molar-refractivity contribution < 1.29 is 4.79 Å². The van der Waals surface area contributed by atoms with Crippen molar-refractivity contribution in [2.75, 3.05) is 0 Å². The van der Waals surface area contributed by atoms with Crippen molar-refractivity contribution in [1.82, 2.24) is 5.32 Å². The Bertz CT molecular complexity index is 204. The van der Waals surface area contributed by atoms with Gasteiger partial charge in [-0.15, -0.1) is 6.42 Å². The topological polar surface area (TPSA) is 29.1 Å². The SMILES string of the molecule is C#CCC(=O)NC1CCC(C)C1. The van der Waals surface area contributed by atoms with Crippen molar-refractivity contribution in [3.63, 3.8) is 0 Å². The van der Waals surface area contributed by atoms with Crippen molar-refractivity contribution in [2.45, 2.75) is 38.6 Å². The molecule has 66 valence electrons. The van der Waals surface area contributed by atoms with E-state index in [0.29, 0.717) is 6.04 Å². The minimum absolute atomic E-state index is 0.00315. The second-order valence-electron chi connectivity index (χ2n) is 3.56. The van der Waals surface area contributed by atoms with Crippen LogP contribution >= 0.6 is 0 Å². The Morgan fingerprint density at radius 1 is 1.67 bits per heavy atom. The van der Waals surface area contributed by atoms with Crippen molar-refractivity contribution >= 4 is 5.91 Å². The van der Waals surface area contributed by atoms with Crippen LogP contribution in [0, 0.1) is 18.3 Å². The summed E-state index contributed by atoms with van der Waals surface area (Å²) in [5.41, 5.74) is 0. The number of terminal acetylenes is 1. The van der Waals surface area contributed by atoms with Gasteiger partial charge < -0.3 is 5.32 Å². The molecule has 1 saturated carbocycles. The molecule has 0 spiro atoms. The van der Waals surface area contributed by atoms with E-state index in [4.69, 9.17) is 6.42 Å². The first-order valence-electron chi connectivity index (χ1n) is 4.45. The smallest absolute Gasteiger partial charge is 0.232 e. The summed E-state index contributed by atoms with van der Waals surface area (Å²) in [6.07, 6.45) is 8.67. The molecule has 0 heterocycles. The molecule has 1 fully saturated rings. The third kappa shape index (κ3) is 2.58. The Kier molecular flexibility index (Phi) is 3.16. The summed E-state index contributed by atoms with van der Waals surface area (Å²) in [4.78, 5) is 11.1. The Labute approximate surface area is 73.7 Å². The van der Waals surface area contributed by atoms with Crippen molar-refractivity contribution in [2.24, 2.45) is 5.92 Å². The van der Waals surface area contributed by atoms with Crippen LogP contribution in [0.5, 0.6) is 0 Å². The lowest BCUT2D eigenvalue weighted by Gasteiger charge is -2.10. The van der Waals surface area contributed by atoms with Crippen molar-refractivity contribution in [3.8, 4) is 12.3 Å². The second kappa shape index (κ2) is 4.15. The number of carbonyl (C=O) groups is 1. The van der Waals surface area contributed by atoms with Gasteiger partial charge in [-0.25, -0.2) is 0 Å². The van der Waals surface area contributed by atoms with Gasteiger partial charge in [-0.3, -0.25) is 4.79 Å². The Balaban J connectivity index is 2.24. The highest BCUT2D eigenvalue weighted by Crippen LogP contribution is 2.24. The number of hydrogen-bond donors (Lipinski definition) is 1. The monoisotopic (exact) mass is 165 g/mol. The lowest BCUT2D eigenvalue weighted by Crippen LogP contribution is -2.32. The molecule has 2 nitrogen and oxygen atoms in total. The molecule has 0 aromatic heterocycles. The molecule has 0 radical (unpaired) electrons. The highest BCUT2D eigenvalue weighted by Gasteiger charge is 2.21. The van der Waals surface area contributed by atoms with Gasteiger partial charge in [-0.05, 0) is 25.2 Å². The van der Waals surface area contributed by atoms with Crippen LogP contribution in [0.15, 0.2) is 0 Å². The number of amides is 1. The zero-order valence-corrected chi connectivity index (χ0v) is 7.47. The summed E-state index contributed by atoms with van der Waals surface area (Å²) in [5, 5.41) is 2.93. The Morgan fingerprint density at radius 2 is 2.42 bits per heavy atom. The first-order chi connectivity index (χ1) is 5.72. The fourth-order valence-electron chi connectivity index (χ4n) is 1.71. The van der Waals surface area contributed by atoms with Crippen LogP contribution in [0.3, 0.4) is 0 Å². The lowest BCUT2D eigenvalue weighted by molar-refractivity contribution is -0.120. The predicted octanol–water partition coefficient (Wildman–Crippen LogP) is 1.31. The molecule has 1 N–H and O–H groups in total. The van der Waals surface area contributed by atoms with Gasteiger partial charge >= 0.3 is 0 Å². The molecule has 1 amide bonds. The summed E-state index contributed by atoms with van der Waals surface area (Å²) in [6.45, 7) is 2.22. The third-order valence-corrected chi connectivity index (χ3v) is 2.32. The fourth-order valence-corrected chi connectivity index (χ4v) is 1.71. The maximum Gasteiger partial charge on any atom is 0.232 e. The van der Waals surface area contributed by atoms with Gasteiger partial charge in [0.2, 0.25) is 5.91 Å². The summed E-state index contributed by atoms with van der Waals surface area (Å²) < 4.78 is 0. The van der Waals surface area contributed by atoms with Crippen molar-refractivity contribution in [1.29, 1.82) is 0 Å². The van der Waals surface area contributed by atoms with Crippen LogP contribution in [0.4, 0.5) is 0 Å². The van der Waals surface area contributed by atoms with Gasteiger partial charge in [-0.1, -0.05) is 12.8 Å². The summed E-state index contributed by atoms with van der Waals surface area (Å²) >= 11 is 0. The van der Waals surface area contributed by atoms with Gasteiger partial charge in [0, 0.05) is 6.04 Å². The largest absolute Gasteiger partial charge is 0.353 e. The number of nitrogens with one attached hydrogen (secondary N) is 1. The number of rotatable bonds is 2. The summed E-state index contributed by atoms with van der Waals surface area (Å²) in [6, 6.07) is 0.376. The van der Waals surface area contributed by atoms with Gasteiger partial charge in [-0.2, -0.15) is 0 Å². The van der Waals surface area contributed by atoms with Gasteiger partial charge in [0.1, 0.15) is 0 Å². The zero-order chi connectivity index (χ0) is 8.97. The molecule has 1 rings (SSSR count). The van der Waals surface area contributed by atoms with E-state index in [2.05, 4.69) is 18.2 Å². The quantitative estimate of drug-likeness (QED) is 0.614. The predicted molar refractivity (Wildman–Crippen MR) is 48.4 cm³/mol. The lowest BCUT2D eigenvalue weighted by atomic mass is 10.1. The van der Waals surface area contributed by atoms with Crippen LogP contribution in [0.1, 0.15) is 32.6 Å². The molecule has 0 bridgehead atoms. The third-order valence-electron chi connectivity index (χ3n) is 2.32. The molecule has 2 heteroatoms. The standard InChI is InChI=1S/C10H15NO/c1-3-4-10(12)11-9-6-5-8(2)7-9/h1,8-9H,4-7H2,2H3,(H,11,12). The molecule has 1 aliphatic carbocycles. The molecule has 12 heavy (non-hydrogen) atoms. The van der Waals surface area contributed by atoms with Crippen LogP contribution in [-0.2, 0) is 4.79 Å². The molecule has 0 aromatic carbocycles. The van der Waals surface area contributed by atoms with Crippen LogP contribution < -0.4 is 5.32 Å². The van der Waals surface area contributed by atoms with Crippen LogP contribution in [0.25, 0.3) is 0 Å². The zero-order valence-electron chi connectivity index (χ0n) is 7.47. The highest BCUT2D eigenvalue weighted by atomic mass is 16.1. The minimum Gasteiger partial charge on any atom is -0.353 e. The van der Waals surface area contributed by atoms with Gasteiger partial charge in [0.25, 0.3) is 0 Å². The minimum atomic E-state index is -0.00315. The van der Waals surface area contributed by atoms with E-state index in [9.17, 15) is 4.79 Å². The molecule has 1 aliphatic rings. The van der Waals surface area contributed by atoms with E-state index in [1.807, 2.05) is 0 Å². The Hall–Kier alpha value is -0.970. The van der Waals surface area contributed by atoms with E-state index in [1.54, 1.807) is 0 Å². The molecular weight excluding hydrogens is 150 g/mol. The first-order valence-corrected chi connectivity index (χ1v) is 4.45. The summed E-state index contributed by atoms with van der Waals surface area (Å²) in [7, 11) is 0. The number of carbonyl (C=O) groups excluding carboxylic acids is 1. The molecule has 0 aromatic rings. The van der Waals surface area contributed by atoms with E-state index in [0.717, 1.165) is 18.8 Å². The molecule has 2 atom stereocenters. The van der Waals surface area contributed by atoms with Gasteiger partial charge in [0.05, 0.1) is 6.42 Å². The first kappa shape index (κ1) is 9.12. The summed E-state index contributed by atoms with van der Waals surface area (Å²) in [5.74, 6) is 3.09. The molecule has 0 aliphatic heterocycles. The van der Waals surface area contributed by atoms with E-state index in [-0.39, 0.29) is 12.3 Å². The maximum absolute atomic E-state index is 11.1. The second-order valence-corrected chi connectivity index (χ2v) is 3.56. The fraction of sp³-hybridized carbons (Fsp3) is 0.700. The molecule has 2 unspecified atom stereocenters. The number of hydrogen-bond acceptors (Lipinski definition) is 1. The average Bonchev–Trinajstić information content (AvgIpc) is 2.36. The molecule has 0 saturated heterocycles. The van der Waals surface area contributed by atoms with Gasteiger partial charge in [0.15, 0.2) is 0 Å².